The molecule has 1 fully saturated rings. The number of alkyl halides is 3. The lowest BCUT2D eigenvalue weighted by molar-refractivity contribution is -0.137. The van der Waals surface area contributed by atoms with Gasteiger partial charge in [-0.15, -0.1) is 0 Å². The molecule has 3 heterocycles. The highest BCUT2D eigenvalue weighted by molar-refractivity contribution is 7.93. The molecule has 5 rings (SSSR count). The summed E-state index contributed by atoms with van der Waals surface area (Å²) in [6.45, 7) is 5.50. The fourth-order valence-electron chi connectivity index (χ4n) is 5.85. The van der Waals surface area contributed by atoms with Crippen LogP contribution in [0, 0.1) is 5.41 Å². The first-order chi connectivity index (χ1) is 16.5. The summed E-state index contributed by atoms with van der Waals surface area (Å²) >= 11 is 1.23. The maximum Gasteiger partial charge on any atom is 0.416 e. The predicted molar refractivity (Wildman–Crippen MR) is 126 cm³/mol. The van der Waals surface area contributed by atoms with Crippen molar-refractivity contribution in [1.29, 1.82) is 0 Å². The summed E-state index contributed by atoms with van der Waals surface area (Å²) in [5, 5.41) is 11.3. The molecule has 1 saturated heterocycles. The van der Waals surface area contributed by atoms with E-state index in [4.69, 9.17) is 18.6 Å². The fourth-order valence-corrected chi connectivity index (χ4v) is 6.08. The molecular formula is C26H30F3NO4S. The van der Waals surface area contributed by atoms with E-state index in [1.165, 1.54) is 24.2 Å². The average Bonchev–Trinajstić information content (AvgIpc) is 3.11. The second-order valence-electron chi connectivity index (χ2n) is 10.4. The molecule has 0 amide bonds. The zero-order valence-electron chi connectivity index (χ0n) is 20.1. The van der Waals surface area contributed by atoms with Gasteiger partial charge in [-0.1, -0.05) is 26.0 Å². The molecule has 0 saturated carbocycles. The fraction of sp³-hybridized carbons (Fsp3) is 0.577. The summed E-state index contributed by atoms with van der Waals surface area (Å²) in [5.74, 6) is 0. The lowest BCUT2D eigenvalue weighted by atomic mass is 9.70. The number of hydrogen-bond acceptors (Lipinski definition) is 6. The molecule has 9 heteroatoms. The van der Waals surface area contributed by atoms with E-state index in [2.05, 4.69) is 13.8 Å². The maximum absolute atomic E-state index is 13.2. The Labute approximate surface area is 207 Å². The topological polar surface area (TPSA) is 60.8 Å². The first-order valence-electron chi connectivity index (χ1n) is 11.9. The zero-order chi connectivity index (χ0) is 25.0. The summed E-state index contributed by atoms with van der Waals surface area (Å²) in [4.78, 5) is 4.99. The number of hydrogen-bond donors (Lipinski definition) is 1. The predicted octanol–water partition coefficient (Wildman–Crippen LogP) is 6.03. The normalized spacial score (nSPS) is 24.9. The molecule has 0 radical (unpaired) electrons. The van der Waals surface area contributed by atoms with Gasteiger partial charge in [-0.25, -0.2) is 0 Å². The van der Waals surface area contributed by atoms with Crippen LogP contribution < -0.4 is 0 Å². The van der Waals surface area contributed by atoms with E-state index in [1.54, 1.807) is 0 Å². The van der Waals surface area contributed by atoms with E-state index >= 15 is 0 Å². The Balaban J connectivity index is 1.71. The van der Waals surface area contributed by atoms with Crippen molar-refractivity contribution in [3.63, 3.8) is 0 Å². The molecule has 2 unspecified atom stereocenters. The monoisotopic (exact) mass is 509 g/mol. The molecule has 3 aliphatic rings. The zero-order valence-corrected chi connectivity index (χ0v) is 20.9. The molecule has 1 N–H and O–H groups in total. The van der Waals surface area contributed by atoms with E-state index in [0.717, 1.165) is 40.9 Å². The Kier molecular flexibility index (Phi) is 6.45. The van der Waals surface area contributed by atoms with Gasteiger partial charge in [0, 0.05) is 49.1 Å². The van der Waals surface area contributed by atoms with Crippen LogP contribution in [0.4, 0.5) is 13.2 Å². The highest BCUT2D eigenvalue weighted by atomic mass is 32.2. The third-order valence-electron chi connectivity index (χ3n) is 7.37. The Hall–Kier alpha value is -1.65. The van der Waals surface area contributed by atoms with Gasteiger partial charge in [-0.2, -0.15) is 13.2 Å². The van der Waals surface area contributed by atoms with Crippen LogP contribution in [0.5, 0.6) is 0 Å². The summed E-state index contributed by atoms with van der Waals surface area (Å²) < 4.78 is 57.8. The van der Waals surface area contributed by atoms with Crippen molar-refractivity contribution >= 4 is 12.0 Å². The largest absolute Gasteiger partial charge is 0.416 e. The number of pyridine rings is 1. The van der Waals surface area contributed by atoms with Crippen molar-refractivity contribution in [1.82, 2.24) is 4.98 Å². The van der Waals surface area contributed by atoms with Crippen molar-refractivity contribution in [3.05, 3.63) is 63.5 Å². The Morgan fingerprint density at radius 3 is 2.46 bits per heavy atom. The minimum absolute atomic E-state index is 0.111. The second kappa shape index (κ2) is 9.03. The van der Waals surface area contributed by atoms with E-state index in [1.807, 2.05) is 6.26 Å². The van der Waals surface area contributed by atoms with Gasteiger partial charge in [0.05, 0.1) is 23.0 Å². The maximum atomic E-state index is 13.2. The first kappa shape index (κ1) is 25.0. The van der Waals surface area contributed by atoms with Gasteiger partial charge in [0.25, 0.3) is 0 Å². The molecule has 190 valence electrons. The van der Waals surface area contributed by atoms with Crippen LogP contribution >= 0.6 is 12.0 Å². The minimum atomic E-state index is -4.41. The van der Waals surface area contributed by atoms with Crippen LogP contribution in [0.1, 0.15) is 84.5 Å². The summed E-state index contributed by atoms with van der Waals surface area (Å²) in [6, 6.07) is 5.14. The molecule has 0 bridgehead atoms. The van der Waals surface area contributed by atoms with Crippen LogP contribution in [0.2, 0.25) is 0 Å². The Bertz CT molecular complexity index is 1100. The number of nitrogens with zero attached hydrogens (tertiary/aromatic N) is 1. The van der Waals surface area contributed by atoms with Crippen molar-refractivity contribution in [2.45, 2.75) is 70.1 Å². The lowest BCUT2D eigenvalue weighted by Gasteiger charge is -2.40. The van der Waals surface area contributed by atoms with Crippen LogP contribution in [-0.2, 0) is 38.5 Å². The van der Waals surface area contributed by atoms with Crippen LogP contribution in [0.15, 0.2) is 24.3 Å². The van der Waals surface area contributed by atoms with Gasteiger partial charge in [0.2, 0.25) is 0 Å². The van der Waals surface area contributed by atoms with Crippen molar-refractivity contribution in [3.8, 4) is 0 Å². The summed E-state index contributed by atoms with van der Waals surface area (Å²) in [5.41, 5.74) is 3.28. The molecule has 35 heavy (non-hydrogen) atoms. The molecule has 2 aromatic rings. The molecule has 1 aromatic heterocycles. The molecule has 1 aromatic carbocycles. The first-order valence-corrected chi connectivity index (χ1v) is 13.0. The summed E-state index contributed by atoms with van der Waals surface area (Å²) in [6.07, 6.45) is -1.35. The van der Waals surface area contributed by atoms with Gasteiger partial charge in [-0.05, 0) is 53.6 Å². The quantitative estimate of drug-likeness (QED) is 0.508. The van der Waals surface area contributed by atoms with Gasteiger partial charge in [-0.3, -0.25) is 4.98 Å². The van der Waals surface area contributed by atoms with Gasteiger partial charge in [0.15, 0.2) is 0 Å². The summed E-state index contributed by atoms with van der Waals surface area (Å²) in [7, 11) is 0. The number of benzene rings is 1. The SMILES string of the molecule is CSOCc1nc2c(c3c1C(c1ccc(C(F)(F)F)cc1)OC31CCOCC1)C(O)CC(C)(C)C2. The van der Waals surface area contributed by atoms with E-state index in [9.17, 15) is 18.3 Å². The van der Waals surface area contributed by atoms with Crippen molar-refractivity contribution in [2.75, 3.05) is 19.5 Å². The Morgan fingerprint density at radius 2 is 1.83 bits per heavy atom. The van der Waals surface area contributed by atoms with Gasteiger partial charge >= 0.3 is 6.18 Å². The van der Waals surface area contributed by atoms with Crippen molar-refractivity contribution < 1.29 is 31.9 Å². The molecule has 2 aliphatic heterocycles. The van der Waals surface area contributed by atoms with E-state index in [0.29, 0.717) is 43.7 Å². The second-order valence-corrected chi connectivity index (χ2v) is 11.0. The van der Waals surface area contributed by atoms with E-state index in [-0.39, 0.29) is 12.0 Å². The number of aromatic nitrogens is 1. The lowest BCUT2D eigenvalue weighted by Crippen LogP contribution is -2.37. The number of aliphatic hydroxyl groups is 1. The van der Waals surface area contributed by atoms with Gasteiger partial charge < -0.3 is 18.8 Å². The number of fused-ring (bicyclic) bond motifs is 4. The number of aliphatic hydroxyl groups excluding tert-OH is 1. The minimum Gasteiger partial charge on any atom is -0.388 e. The average molecular weight is 510 g/mol. The number of rotatable bonds is 4. The molecular weight excluding hydrogens is 479 g/mol. The Morgan fingerprint density at radius 1 is 1.14 bits per heavy atom. The highest BCUT2D eigenvalue weighted by Gasteiger charge is 2.52. The molecule has 1 aliphatic carbocycles. The smallest absolute Gasteiger partial charge is 0.388 e. The van der Waals surface area contributed by atoms with Crippen LogP contribution in [0.25, 0.3) is 0 Å². The molecule has 2 atom stereocenters. The number of ether oxygens (including phenoxy) is 2. The van der Waals surface area contributed by atoms with Crippen molar-refractivity contribution in [2.24, 2.45) is 5.41 Å². The third kappa shape index (κ3) is 4.50. The molecule has 1 spiro atoms. The van der Waals surface area contributed by atoms with E-state index < -0.39 is 29.5 Å². The van der Waals surface area contributed by atoms with Gasteiger partial charge in [0.1, 0.15) is 12.7 Å². The standard InChI is InChI=1S/C26H30F3NO4S/c1-24(2)12-17-20(19(31)13-24)22-21(18(30-17)14-33-35-3)23(34-25(22)8-10-32-11-9-25)15-4-6-16(7-5-15)26(27,28)29/h4-7,19,23,31H,8-14H2,1-3H3. The number of halogens is 3. The third-order valence-corrected chi connectivity index (χ3v) is 7.73. The molecule has 5 nitrogen and oxygen atoms in total. The van der Waals surface area contributed by atoms with Crippen LogP contribution in [-0.4, -0.2) is 29.6 Å². The van der Waals surface area contributed by atoms with Crippen LogP contribution in [0.3, 0.4) is 0 Å². The highest BCUT2D eigenvalue weighted by Crippen LogP contribution is 2.57.